The Morgan fingerprint density at radius 3 is 2.73 bits per heavy atom. The van der Waals surface area contributed by atoms with E-state index in [2.05, 4.69) is 29.5 Å². The zero-order chi connectivity index (χ0) is 18.3. The highest BCUT2D eigenvalue weighted by Gasteiger charge is 2.14. The number of aromatic nitrogens is 4. The van der Waals surface area contributed by atoms with Gasteiger partial charge in [0.2, 0.25) is 0 Å². The van der Waals surface area contributed by atoms with Crippen LogP contribution in [0.1, 0.15) is 26.1 Å². The van der Waals surface area contributed by atoms with Crippen LogP contribution in [0, 0.1) is 5.92 Å². The van der Waals surface area contributed by atoms with Crippen LogP contribution in [0.4, 0.5) is 0 Å². The fourth-order valence-electron chi connectivity index (χ4n) is 3.31. The second-order valence-corrected chi connectivity index (χ2v) is 7.47. The first-order valence-corrected chi connectivity index (χ1v) is 9.23. The standard InChI is InChI=1S/C20H21ClN4O/c1-13(2)9-10-24-17-6-4-3-5-15(17)22-19(24)12-25-18-11-14(21)7-8-16(18)23-20(25)26/h3-8,11,13H,9-10,12H2,1-2H3,(H,23,26). The number of halogens is 1. The summed E-state index contributed by atoms with van der Waals surface area (Å²) in [5.41, 5.74) is 3.49. The van der Waals surface area contributed by atoms with E-state index in [1.807, 2.05) is 30.3 Å². The molecule has 0 bridgehead atoms. The highest BCUT2D eigenvalue weighted by molar-refractivity contribution is 6.31. The summed E-state index contributed by atoms with van der Waals surface area (Å²) in [5.74, 6) is 1.48. The Labute approximate surface area is 156 Å². The average Bonchev–Trinajstić information content (AvgIpc) is 3.11. The maximum atomic E-state index is 12.5. The highest BCUT2D eigenvalue weighted by Crippen LogP contribution is 2.21. The van der Waals surface area contributed by atoms with E-state index in [-0.39, 0.29) is 5.69 Å². The summed E-state index contributed by atoms with van der Waals surface area (Å²) in [7, 11) is 0. The molecule has 0 atom stereocenters. The molecule has 0 unspecified atom stereocenters. The minimum Gasteiger partial charge on any atom is -0.326 e. The van der Waals surface area contributed by atoms with E-state index in [1.54, 1.807) is 10.6 Å². The molecule has 0 aliphatic carbocycles. The van der Waals surface area contributed by atoms with E-state index in [4.69, 9.17) is 16.6 Å². The molecule has 5 nitrogen and oxygen atoms in total. The SMILES string of the molecule is CC(C)CCn1c(Cn2c(=O)[nH]c3ccc(Cl)cc32)nc2ccccc21. The van der Waals surface area contributed by atoms with E-state index < -0.39 is 0 Å². The summed E-state index contributed by atoms with van der Waals surface area (Å²) in [6.45, 7) is 5.72. The van der Waals surface area contributed by atoms with Crippen LogP contribution < -0.4 is 5.69 Å². The number of hydrogen-bond donors (Lipinski definition) is 1. The van der Waals surface area contributed by atoms with Crippen molar-refractivity contribution < 1.29 is 0 Å². The number of hydrogen-bond acceptors (Lipinski definition) is 2. The molecule has 0 spiro atoms. The zero-order valence-electron chi connectivity index (χ0n) is 14.9. The summed E-state index contributed by atoms with van der Waals surface area (Å²) in [5, 5.41) is 0.610. The van der Waals surface area contributed by atoms with Crippen molar-refractivity contribution in [3.63, 3.8) is 0 Å². The molecule has 2 aromatic heterocycles. The van der Waals surface area contributed by atoms with Crippen LogP contribution in [0.15, 0.2) is 47.3 Å². The van der Waals surface area contributed by atoms with Crippen molar-refractivity contribution in [2.45, 2.75) is 33.4 Å². The van der Waals surface area contributed by atoms with Gasteiger partial charge in [-0.2, -0.15) is 0 Å². The first-order valence-electron chi connectivity index (χ1n) is 8.85. The predicted molar refractivity (Wildman–Crippen MR) is 106 cm³/mol. The van der Waals surface area contributed by atoms with Gasteiger partial charge in [-0.25, -0.2) is 9.78 Å². The van der Waals surface area contributed by atoms with Crippen LogP contribution >= 0.6 is 11.6 Å². The van der Waals surface area contributed by atoms with Crippen molar-refractivity contribution in [3.05, 3.63) is 63.8 Å². The van der Waals surface area contributed by atoms with Gasteiger partial charge in [-0.15, -0.1) is 0 Å². The number of nitrogens with one attached hydrogen (secondary N) is 1. The second-order valence-electron chi connectivity index (χ2n) is 7.03. The molecular formula is C20H21ClN4O. The van der Waals surface area contributed by atoms with E-state index in [1.165, 1.54) is 0 Å². The molecule has 4 aromatic rings. The third-order valence-corrected chi connectivity index (χ3v) is 4.94. The van der Waals surface area contributed by atoms with Gasteiger partial charge in [0.15, 0.2) is 0 Å². The Hall–Kier alpha value is -2.53. The quantitative estimate of drug-likeness (QED) is 0.566. The summed E-state index contributed by atoms with van der Waals surface area (Å²) >= 11 is 6.13. The van der Waals surface area contributed by atoms with Gasteiger partial charge in [-0.1, -0.05) is 37.6 Å². The minimum absolute atomic E-state index is 0.148. The van der Waals surface area contributed by atoms with Crippen molar-refractivity contribution in [2.24, 2.45) is 5.92 Å². The topological polar surface area (TPSA) is 55.6 Å². The van der Waals surface area contributed by atoms with Gasteiger partial charge < -0.3 is 9.55 Å². The molecule has 134 valence electrons. The normalized spacial score (nSPS) is 11.8. The first kappa shape index (κ1) is 16.9. The molecular weight excluding hydrogens is 348 g/mol. The molecule has 1 N–H and O–H groups in total. The van der Waals surface area contributed by atoms with Crippen LogP contribution in [0.25, 0.3) is 22.1 Å². The van der Waals surface area contributed by atoms with Gasteiger partial charge in [0.25, 0.3) is 0 Å². The van der Waals surface area contributed by atoms with E-state index in [9.17, 15) is 4.79 Å². The van der Waals surface area contributed by atoms with E-state index in [0.717, 1.165) is 40.9 Å². The molecule has 0 saturated heterocycles. The molecule has 2 aromatic carbocycles. The number of H-pyrrole nitrogens is 1. The highest BCUT2D eigenvalue weighted by atomic mass is 35.5. The summed E-state index contributed by atoms with van der Waals surface area (Å²) in [6.07, 6.45) is 1.06. The maximum Gasteiger partial charge on any atom is 0.326 e. The molecule has 0 aliphatic heterocycles. The van der Waals surface area contributed by atoms with Gasteiger partial charge in [0.05, 0.1) is 28.6 Å². The maximum absolute atomic E-state index is 12.5. The Morgan fingerprint density at radius 1 is 1.12 bits per heavy atom. The lowest BCUT2D eigenvalue weighted by molar-refractivity contribution is 0.507. The third kappa shape index (κ3) is 3.03. The lowest BCUT2D eigenvalue weighted by Gasteiger charge is -2.11. The first-order chi connectivity index (χ1) is 12.5. The molecule has 4 rings (SSSR count). The lowest BCUT2D eigenvalue weighted by atomic mass is 10.1. The Balaban J connectivity index is 1.82. The minimum atomic E-state index is -0.148. The van der Waals surface area contributed by atoms with Gasteiger partial charge in [0.1, 0.15) is 5.82 Å². The number of aryl methyl sites for hydroxylation is 1. The molecule has 26 heavy (non-hydrogen) atoms. The van der Waals surface area contributed by atoms with E-state index in [0.29, 0.717) is 17.5 Å². The largest absolute Gasteiger partial charge is 0.326 e. The number of nitrogens with zero attached hydrogens (tertiary/aromatic N) is 3. The number of benzene rings is 2. The van der Waals surface area contributed by atoms with Gasteiger partial charge in [-0.05, 0) is 42.7 Å². The van der Waals surface area contributed by atoms with Crippen molar-refractivity contribution >= 4 is 33.7 Å². The Kier molecular flexibility index (Phi) is 4.32. The molecule has 0 fully saturated rings. The van der Waals surface area contributed by atoms with Crippen molar-refractivity contribution in [2.75, 3.05) is 0 Å². The van der Waals surface area contributed by atoms with Gasteiger partial charge in [0, 0.05) is 11.6 Å². The van der Waals surface area contributed by atoms with Crippen LogP contribution in [-0.4, -0.2) is 19.1 Å². The van der Waals surface area contributed by atoms with Crippen LogP contribution in [0.3, 0.4) is 0 Å². The van der Waals surface area contributed by atoms with Gasteiger partial charge in [-0.3, -0.25) is 4.57 Å². The fourth-order valence-corrected chi connectivity index (χ4v) is 3.47. The van der Waals surface area contributed by atoms with Crippen molar-refractivity contribution in [3.8, 4) is 0 Å². The van der Waals surface area contributed by atoms with E-state index >= 15 is 0 Å². The van der Waals surface area contributed by atoms with Gasteiger partial charge >= 0.3 is 5.69 Å². The number of imidazole rings is 2. The summed E-state index contributed by atoms with van der Waals surface area (Å²) < 4.78 is 3.93. The molecule has 0 radical (unpaired) electrons. The third-order valence-electron chi connectivity index (χ3n) is 4.70. The smallest absolute Gasteiger partial charge is 0.326 e. The zero-order valence-corrected chi connectivity index (χ0v) is 15.6. The second kappa shape index (κ2) is 6.65. The number of para-hydroxylation sites is 2. The molecule has 2 heterocycles. The van der Waals surface area contributed by atoms with Crippen molar-refractivity contribution in [1.29, 1.82) is 0 Å². The van der Waals surface area contributed by atoms with Crippen LogP contribution in [-0.2, 0) is 13.1 Å². The van der Waals surface area contributed by atoms with Crippen molar-refractivity contribution in [1.82, 2.24) is 19.1 Å². The molecule has 0 amide bonds. The Morgan fingerprint density at radius 2 is 1.92 bits per heavy atom. The lowest BCUT2D eigenvalue weighted by Crippen LogP contribution is -2.20. The molecule has 0 aliphatic rings. The monoisotopic (exact) mass is 368 g/mol. The average molecular weight is 369 g/mol. The summed E-state index contributed by atoms with van der Waals surface area (Å²) in [6, 6.07) is 13.5. The number of rotatable bonds is 5. The predicted octanol–water partition coefficient (Wildman–Crippen LogP) is 4.43. The molecule has 6 heteroatoms. The fraction of sp³-hybridized carbons (Fsp3) is 0.300. The van der Waals surface area contributed by atoms with Crippen LogP contribution in [0.2, 0.25) is 5.02 Å². The number of aromatic amines is 1. The summed E-state index contributed by atoms with van der Waals surface area (Å²) in [4.78, 5) is 20.2. The number of fused-ring (bicyclic) bond motifs is 2. The molecule has 0 saturated carbocycles. The Bertz CT molecular complexity index is 1140. The van der Waals surface area contributed by atoms with Crippen LogP contribution in [0.5, 0.6) is 0 Å².